The van der Waals surface area contributed by atoms with E-state index in [0.29, 0.717) is 0 Å². The van der Waals surface area contributed by atoms with Gasteiger partial charge in [0.2, 0.25) is 0 Å². The largest absolute Gasteiger partial charge is 0.0988 e. The van der Waals surface area contributed by atoms with Gasteiger partial charge in [0.1, 0.15) is 0 Å². The van der Waals surface area contributed by atoms with E-state index < -0.39 is 0 Å². The lowest BCUT2D eigenvalue weighted by Gasteiger charge is -1.65. The molecule has 0 aliphatic heterocycles. The molecule has 1 aliphatic carbocycles. The fraction of sp³-hybridized carbons (Fsp3) is 0.250. The monoisotopic (exact) mass is 106 g/mol. The summed E-state index contributed by atoms with van der Waals surface area (Å²) in [5.41, 5.74) is 2.85. The van der Waals surface area contributed by atoms with Gasteiger partial charge in [0.25, 0.3) is 0 Å². The van der Waals surface area contributed by atoms with Crippen molar-refractivity contribution < 1.29 is 0 Å². The zero-order valence-electron chi connectivity index (χ0n) is 5.15. The smallest absolute Gasteiger partial charge is 0.00204 e. The van der Waals surface area contributed by atoms with Crippen LogP contribution in [0, 0.1) is 0 Å². The molecule has 0 heterocycles. The van der Waals surface area contributed by atoms with Gasteiger partial charge in [-0.15, -0.1) is 0 Å². The van der Waals surface area contributed by atoms with E-state index >= 15 is 0 Å². The Bertz CT molecular complexity index is 159. The summed E-state index contributed by atoms with van der Waals surface area (Å²) >= 11 is 0. The minimum Gasteiger partial charge on any atom is -0.0988 e. The topological polar surface area (TPSA) is 0 Å². The van der Waals surface area contributed by atoms with Crippen LogP contribution in [0.15, 0.2) is 36.0 Å². The molecular formula is C8H10. The van der Waals surface area contributed by atoms with Crippen molar-refractivity contribution in [3.05, 3.63) is 36.0 Å². The van der Waals surface area contributed by atoms with Crippen LogP contribution in [-0.4, -0.2) is 0 Å². The third-order valence-electron chi connectivity index (χ3n) is 1.28. The van der Waals surface area contributed by atoms with Gasteiger partial charge in [0.15, 0.2) is 0 Å². The summed E-state index contributed by atoms with van der Waals surface area (Å²) in [6.45, 7) is 5.70. The van der Waals surface area contributed by atoms with Crippen LogP contribution in [0.2, 0.25) is 0 Å². The van der Waals surface area contributed by atoms with Crippen LogP contribution in [0.3, 0.4) is 0 Å². The van der Waals surface area contributed by atoms with Crippen LogP contribution in [-0.2, 0) is 0 Å². The first-order chi connectivity index (χ1) is 3.88. The van der Waals surface area contributed by atoms with Gasteiger partial charge in [-0.3, -0.25) is 0 Å². The van der Waals surface area contributed by atoms with E-state index in [2.05, 4.69) is 18.7 Å². The SMILES string of the molecule is C=CC1=C(/C=C\C)C1. The maximum Gasteiger partial charge on any atom is -0.00204 e. The highest BCUT2D eigenvalue weighted by Gasteiger charge is 2.13. The standard InChI is InChI=1S/C8H10/c1-3-5-8-6-7(8)4-2/h3-5H,2,6H2,1H3/b5-3-. The third kappa shape index (κ3) is 0.890. The van der Waals surface area contributed by atoms with E-state index in [9.17, 15) is 0 Å². The molecule has 0 aromatic rings. The van der Waals surface area contributed by atoms with Gasteiger partial charge >= 0.3 is 0 Å². The summed E-state index contributed by atoms with van der Waals surface area (Å²) in [5, 5.41) is 0. The van der Waals surface area contributed by atoms with Crippen LogP contribution >= 0.6 is 0 Å². The van der Waals surface area contributed by atoms with E-state index in [1.54, 1.807) is 0 Å². The Labute approximate surface area is 50.2 Å². The second kappa shape index (κ2) is 1.99. The zero-order chi connectivity index (χ0) is 5.98. The maximum absolute atomic E-state index is 3.66. The van der Waals surface area contributed by atoms with E-state index in [1.807, 2.05) is 13.0 Å². The van der Waals surface area contributed by atoms with Crippen LogP contribution in [0.5, 0.6) is 0 Å². The Balaban J connectivity index is 2.53. The number of hydrogen-bond donors (Lipinski definition) is 0. The molecule has 8 heavy (non-hydrogen) atoms. The first kappa shape index (κ1) is 5.36. The Kier molecular flexibility index (Phi) is 1.34. The molecule has 0 fully saturated rings. The summed E-state index contributed by atoms with van der Waals surface area (Å²) in [4.78, 5) is 0. The molecule has 0 bridgehead atoms. The Hall–Kier alpha value is -0.780. The quantitative estimate of drug-likeness (QED) is 0.507. The van der Waals surface area contributed by atoms with Gasteiger partial charge < -0.3 is 0 Å². The van der Waals surface area contributed by atoms with E-state index in [4.69, 9.17) is 0 Å². The minimum absolute atomic E-state index is 1.16. The fourth-order valence-corrected chi connectivity index (χ4v) is 0.731. The molecular weight excluding hydrogens is 96.1 g/mol. The van der Waals surface area contributed by atoms with Crippen molar-refractivity contribution in [2.24, 2.45) is 0 Å². The highest BCUT2D eigenvalue weighted by molar-refractivity contribution is 5.49. The molecule has 0 spiro atoms. The minimum atomic E-state index is 1.16. The van der Waals surface area contributed by atoms with Crippen molar-refractivity contribution >= 4 is 0 Å². The zero-order valence-corrected chi connectivity index (χ0v) is 5.15. The van der Waals surface area contributed by atoms with Gasteiger partial charge in [-0.25, -0.2) is 0 Å². The molecule has 1 rings (SSSR count). The van der Waals surface area contributed by atoms with E-state index in [1.165, 1.54) is 11.1 Å². The van der Waals surface area contributed by atoms with Gasteiger partial charge in [-0.1, -0.05) is 24.8 Å². The summed E-state index contributed by atoms with van der Waals surface area (Å²) in [6, 6.07) is 0. The second-order valence-corrected chi connectivity index (χ2v) is 1.93. The first-order valence-corrected chi connectivity index (χ1v) is 2.85. The van der Waals surface area contributed by atoms with Gasteiger partial charge in [0, 0.05) is 0 Å². The van der Waals surface area contributed by atoms with Crippen LogP contribution in [0.4, 0.5) is 0 Å². The molecule has 0 atom stereocenters. The first-order valence-electron chi connectivity index (χ1n) is 2.85. The molecule has 42 valence electrons. The summed E-state index contributed by atoms with van der Waals surface area (Å²) in [5.74, 6) is 0. The molecule has 1 aliphatic rings. The highest BCUT2D eigenvalue weighted by atomic mass is 14.2. The van der Waals surface area contributed by atoms with Crippen LogP contribution < -0.4 is 0 Å². The molecule has 0 aromatic heterocycles. The van der Waals surface area contributed by atoms with Crippen LogP contribution in [0.1, 0.15) is 13.3 Å². The Morgan fingerprint density at radius 2 is 2.25 bits per heavy atom. The van der Waals surface area contributed by atoms with E-state index in [0.717, 1.165) is 6.42 Å². The van der Waals surface area contributed by atoms with Crippen molar-refractivity contribution in [3.8, 4) is 0 Å². The molecule has 0 heteroatoms. The molecule has 0 unspecified atom stereocenters. The normalized spacial score (nSPS) is 17.6. The average molecular weight is 106 g/mol. The number of hydrogen-bond acceptors (Lipinski definition) is 0. The van der Waals surface area contributed by atoms with Gasteiger partial charge in [0.05, 0.1) is 0 Å². The highest BCUT2D eigenvalue weighted by Crippen LogP contribution is 2.31. The number of allylic oxidation sites excluding steroid dienone is 5. The fourth-order valence-electron chi connectivity index (χ4n) is 0.731. The molecule has 0 saturated heterocycles. The summed E-state index contributed by atoms with van der Waals surface area (Å²) < 4.78 is 0. The van der Waals surface area contributed by atoms with Crippen molar-refractivity contribution in [2.45, 2.75) is 13.3 Å². The predicted octanol–water partition coefficient (Wildman–Crippen LogP) is 2.45. The van der Waals surface area contributed by atoms with Crippen molar-refractivity contribution in [1.82, 2.24) is 0 Å². The van der Waals surface area contributed by atoms with Crippen LogP contribution in [0.25, 0.3) is 0 Å². The Morgan fingerprint density at radius 3 is 2.62 bits per heavy atom. The van der Waals surface area contributed by atoms with Crippen molar-refractivity contribution in [1.29, 1.82) is 0 Å². The number of rotatable bonds is 2. The van der Waals surface area contributed by atoms with Gasteiger partial charge in [-0.2, -0.15) is 0 Å². The van der Waals surface area contributed by atoms with Crippen molar-refractivity contribution in [3.63, 3.8) is 0 Å². The molecule has 0 nitrogen and oxygen atoms in total. The lowest BCUT2D eigenvalue weighted by Crippen LogP contribution is -1.44. The lowest BCUT2D eigenvalue weighted by molar-refractivity contribution is 1.53. The second-order valence-electron chi connectivity index (χ2n) is 1.93. The molecule has 0 saturated carbocycles. The Morgan fingerprint density at radius 1 is 1.50 bits per heavy atom. The summed E-state index contributed by atoms with van der Waals surface area (Å²) in [6.07, 6.45) is 7.28. The maximum atomic E-state index is 3.66. The lowest BCUT2D eigenvalue weighted by atomic mass is 10.4. The van der Waals surface area contributed by atoms with Gasteiger partial charge in [-0.05, 0) is 24.5 Å². The molecule has 0 N–H and O–H groups in total. The summed E-state index contributed by atoms with van der Waals surface area (Å²) in [7, 11) is 0. The molecule has 0 aromatic carbocycles. The van der Waals surface area contributed by atoms with Crippen molar-refractivity contribution in [2.75, 3.05) is 0 Å². The average Bonchev–Trinajstić information content (AvgIpc) is 2.48. The predicted molar refractivity (Wildman–Crippen MR) is 36.7 cm³/mol. The molecule has 0 radical (unpaired) electrons. The van der Waals surface area contributed by atoms with E-state index in [-0.39, 0.29) is 0 Å². The third-order valence-corrected chi connectivity index (χ3v) is 1.28. The molecule has 0 amide bonds.